The molecule has 1 aromatic rings. The first-order valence-corrected chi connectivity index (χ1v) is 12.8. The number of rotatable bonds is 6. The molecule has 6 nitrogen and oxygen atoms in total. The van der Waals surface area contributed by atoms with Crippen LogP contribution in [-0.2, 0) is 4.79 Å². The molecule has 1 amide bonds. The van der Waals surface area contributed by atoms with E-state index in [0.717, 1.165) is 42.6 Å². The number of hydrogen-bond donors (Lipinski definition) is 1. The van der Waals surface area contributed by atoms with E-state index in [9.17, 15) is 20.0 Å². The van der Waals surface area contributed by atoms with Gasteiger partial charge in [0.05, 0.1) is 24.2 Å². The van der Waals surface area contributed by atoms with Gasteiger partial charge >= 0.3 is 5.97 Å². The molecule has 3 unspecified atom stereocenters. The molecule has 0 radical (unpaired) electrons. The van der Waals surface area contributed by atoms with E-state index in [4.69, 9.17) is 4.74 Å². The Balaban J connectivity index is 1.39. The minimum Gasteiger partial charge on any atom is -0.493 e. The number of carbonyl (C=O) groups is 2. The van der Waals surface area contributed by atoms with Crippen LogP contribution in [0.2, 0.25) is 0 Å². The minimum absolute atomic E-state index is 0.00242. The van der Waals surface area contributed by atoms with E-state index in [-0.39, 0.29) is 29.9 Å². The number of hydrogen-bond acceptors (Lipinski definition) is 4. The fourth-order valence-corrected chi connectivity index (χ4v) is 6.58. The molecule has 1 saturated heterocycles. The Morgan fingerprint density at radius 3 is 2.71 bits per heavy atom. The molecule has 5 atom stereocenters. The van der Waals surface area contributed by atoms with Gasteiger partial charge in [-0.2, -0.15) is 5.26 Å². The molecule has 1 aromatic carbocycles. The molecule has 0 aromatic heterocycles. The number of benzene rings is 1. The number of fused-ring (bicyclic) bond motifs is 2. The normalized spacial score (nSPS) is 32.1. The van der Waals surface area contributed by atoms with Gasteiger partial charge in [-0.05, 0) is 81.3 Å². The first-order chi connectivity index (χ1) is 16.7. The molecular weight excluding hydrogens is 447 g/mol. The van der Waals surface area contributed by atoms with Crippen LogP contribution in [0.15, 0.2) is 23.8 Å². The van der Waals surface area contributed by atoms with Crippen molar-refractivity contribution in [2.75, 3.05) is 13.2 Å². The molecule has 5 rings (SSSR count). The number of nitriles is 1. The van der Waals surface area contributed by atoms with Crippen molar-refractivity contribution in [1.29, 1.82) is 5.26 Å². The number of aliphatic carboxylic acids is 1. The highest BCUT2D eigenvalue weighted by atomic mass is 19.1. The van der Waals surface area contributed by atoms with Crippen LogP contribution in [0.5, 0.6) is 5.75 Å². The van der Waals surface area contributed by atoms with E-state index in [1.54, 1.807) is 6.07 Å². The van der Waals surface area contributed by atoms with Crippen molar-refractivity contribution in [1.82, 2.24) is 4.90 Å². The standard InChI is InChI=1S/C28H33FN2O4/c1-16-7-20-12-28(11-16,6-5-17(20)2)15-35-25-10-23(29)22(9-21(25)19-3-4-19)26(32)31-14-18(13-30)8-24(31)27(33)34/h5,9-10,16,18-20,24H,3-4,6-8,11-12,14-15H2,1-2H3,(H,33,34)/t16?,18-,20?,24+,28?/m1/s1. The van der Waals surface area contributed by atoms with Crippen molar-refractivity contribution in [3.8, 4) is 11.8 Å². The Hall–Kier alpha value is -2.88. The molecule has 1 heterocycles. The van der Waals surface area contributed by atoms with E-state index in [2.05, 4.69) is 19.9 Å². The average molecular weight is 481 g/mol. The number of halogens is 1. The SMILES string of the molecule is CC1=CCC2(COc3cc(F)c(C(=O)N4C[C@@H](C#N)C[C@H]4C(=O)O)cc3C3CC3)CC(C)CC1C2. The number of carboxylic acid groups (broad SMARTS) is 1. The van der Waals surface area contributed by atoms with E-state index < -0.39 is 29.7 Å². The van der Waals surface area contributed by atoms with Crippen LogP contribution >= 0.6 is 0 Å². The lowest BCUT2D eigenvalue weighted by atomic mass is 9.60. The summed E-state index contributed by atoms with van der Waals surface area (Å²) in [6, 6.07) is 3.81. The maximum Gasteiger partial charge on any atom is 0.326 e. The number of carbonyl (C=O) groups excluding carboxylic acids is 1. The summed E-state index contributed by atoms with van der Waals surface area (Å²) in [7, 11) is 0. The number of nitrogens with zero attached hydrogens (tertiary/aromatic N) is 2. The minimum atomic E-state index is -1.17. The molecular formula is C28H33FN2O4. The molecule has 3 aliphatic carbocycles. The maximum absolute atomic E-state index is 15.3. The zero-order valence-corrected chi connectivity index (χ0v) is 20.4. The first kappa shape index (κ1) is 23.8. The quantitative estimate of drug-likeness (QED) is 0.559. The molecule has 35 heavy (non-hydrogen) atoms. The van der Waals surface area contributed by atoms with Gasteiger partial charge in [0.2, 0.25) is 0 Å². The molecule has 2 bridgehead atoms. The van der Waals surface area contributed by atoms with Crippen LogP contribution in [0.25, 0.3) is 0 Å². The van der Waals surface area contributed by atoms with Gasteiger partial charge in [-0.15, -0.1) is 0 Å². The van der Waals surface area contributed by atoms with Gasteiger partial charge in [-0.1, -0.05) is 18.6 Å². The van der Waals surface area contributed by atoms with Crippen molar-refractivity contribution < 1.29 is 23.8 Å². The fraction of sp³-hybridized carbons (Fsp3) is 0.607. The second kappa shape index (κ2) is 8.96. The third-order valence-electron chi connectivity index (χ3n) is 8.56. The van der Waals surface area contributed by atoms with Gasteiger partial charge in [0, 0.05) is 18.0 Å². The average Bonchev–Trinajstić information content (AvgIpc) is 3.57. The Labute approximate surface area is 205 Å². The summed E-state index contributed by atoms with van der Waals surface area (Å²) in [6.07, 6.45) is 8.70. The van der Waals surface area contributed by atoms with Gasteiger partial charge in [-0.3, -0.25) is 4.79 Å². The summed E-state index contributed by atoms with van der Waals surface area (Å²) in [4.78, 5) is 26.0. The van der Waals surface area contributed by atoms with Crippen molar-refractivity contribution in [3.63, 3.8) is 0 Å². The highest BCUT2D eigenvalue weighted by Gasteiger charge is 2.44. The van der Waals surface area contributed by atoms with E-state index in [0.29, 0.717) is 24.2 Å². The zero-order chi connectivity index (χ0) is 24.9. The van der Waals surface area contributed by atoms with Gasteiger partial charge in [0.15, 0.2) is 0 Å². The molecule has 1 N–H and O–H groups in total. The van der Waals surface area contributed by atoms with Gasteiger partial charge in [0.1, 0.15) is 17.6 Å². The third-order valence-corrected chi connectivity index (χ3v) is 8.56. The molecule has 2 saturated carbocycles. The zero-order valence-electron chi connectivity index (χ0n) is 20.4. The molecule has 0 spiro atoms. The van der Waals surface area contributed by atoms with Gasteiger partial charge in [0.25, 0.3) is 5.91 Å². The second-order valence-corrected chi connectivity index (χ2v) is 11.4. The van der Waals surface area contributed by atoms with Crippen LogP contribution < -0.4 is 4.74 Å². The number of allylic oxidation sites excluding steroid dienone is 2. The highest BCUT2D eigenvalue weighted by Crippen LogP contribution is 2.51. The Bertz CT molecular complexity index is 1120. The smallest absolute Gasteiger partial charge is 0.326 e. The second-order valence-electron chi connectivity index (χ2n) is 11.4. The summed E-state index contributed by atoms with van der Waals surface area (Å²) in [5, 5.41) is 18.8. The summed E-state index contributed by atoms with van der Waals surface area (Å²) in [5.41, 5.74) is 2.23. The predicted octanol–water partition coefficient (Wildman–Crippen LogP) is 5.29. The van der Waals surface area contributed by atoms with Crippen LogP contribution in [0.3, 0.4) is 0 Å². The van der Waals surface area contributed by atoms with E-state index in [1.165, 1.54) is 18.1 Å². The van der Waals surface area contributed by atoms with Crippen LogP contribution in [0.4, 0.5) is 4.39 Å². The molecule has 186 valence electrons. The van der Waals surface area contributed by atoms with Crippen molar-refractivity contribution in [2.45, 2.75) is 70.8 Å². The lowest BCUT2D eigenvalue weighted by Gasteiger charge is -2.46. The summed E-state index contributed by atoms with van der Waals surface area (Å²) >= 11 is 0. The number of ether oxygens (including phenoxy) is 1. The predicted molar refractivity (Wildman–Crippen MR) is 127 cm³/mol. The van der Waals surface area contributed by atoms with Crippen LogP contribution in [0.1, 0.15) is 80.6 Å². The lowest BCUT2D eigenvalue weighted by Crippen LogP contribution is -2.41. The lowest BCUT2D eigenvalue weighted by molar-refractivity contribution is -0.141. The Morgan fingerprint density at radius 1 is 1.26 bits per heavy atom. The Morgan fingerprint density at radius 2 is 2.03 bits per heavy atom. The van der Waals surface area contributed by atoms with Crippen LogP contribution in [-0.4, -0.2) is 41.1 Å². The third kappa shape index (κ3) is 4.55. The number of amides is 1. The summed E-state index contributed by atoms with van der Waals surface area (Å²) in [6.45, 7) is 5.05. The molecule has 3 fully saturated rings. The summed E-state index contributed by atoms with van der Waals surface area (Å²) in [5.74, 6) is -1.17. The highest BCUT2D eigenvalue weighted by molar-refractivity contribution is 5.97. The summed E-state index contributed by atoms with van der Waals surface area (Å²) < 4.78 is 21.6. The largest absolute Gasteiger partial charge is 0.493 e. The number of likely N-dealkylation sites (tertiary alicyclic amines) is 1. The van der Waals surface area contributed by atoms with E-state index >= 15 is 4.39 Å². The molecule has 1 aliphatic heterocycles. The maximum atomic E-state index is 15.3. The monoisotopic (exact) mass is 480 g/mol. The van der Waals surface area contributed by atoms with Crippen molar-refractivity contribution >= 4 is 11.9 Å². The Kier molecular flexibility index (Phi) is 6.11. The first-order valence-electron chi connectivity index (χ1n) is 12.8. The topological polar surface area (TPSA) is 90.6 Å². The van der Waals surface area contributed by atoms with Gasteiger partial charge < -0.3 is 14.7 Å². The number of carboxylic acids is 1. The molecule has 4 aliphatic rings. The van der Waals surface area contributed by atoms with E-state index in [1.807, 2.05) is 6.07 Å². The fourth-order valence-electron chi connectivity index (χ4n) is 6.58. The van der Waals surface area contributed by atoms with Crippen molar-refractivity contribution in [2.24, 2.45) is 23.2 Å². The molecule has 7 heteroatoms. The van der Waals surface area contributed by atoms with Crippen LogP contribution in [0, 0.1) is 40.3 Å². The van der Waals surface area contributed by atoms with Gasteiger partial charge in [-0.25, -0.2) is 9.18 Å². The van der Waals surface area contributed by atoms with Crippen molar-refractivity contribution in [3.05, 3.63) is 40.7 Å².